The Morgan fingerprint density at radius 1 is 1.39 bits per heavy atom. The molecule has 0 aliphatic carbocycles. The van der Waals surface area contributed by atoms with Crippen molar-refractivity contribution in [2.24, 2.45) is 11.8 Å². The molecule has 18 heavy (non-hydrogen) atoms. The number of halogens is 1. The van der Waals surface area contributed by atoms with Crippen molar-refractivity contribution in [3.8, 4) is 0 Å². The van der Waals surface area contributed by atoms with Gasteiger partial charge in [0.1, 0.15) is 5.72 Å². The lowest BCUT2D eigenvalue weighted by Gasteiger charge is -2.47. The minimum absolute atomic E-state index is 0. The molecule has 0 amide bonds. The second-order valence-corrected chi connectivity index (χ2v) is 6.33. The van der Waals surface area contributed by atoms with Gasteiger partial charge in [-0.3, -0.25) is 5.32 Å². The summed E-state index contributed by atoms with van der Waals surface area (Å²) in [7, 11) is 0. The van der Waals surface area contributed by atoms with Crippen LogP contribution >= 0.6 is 12.4 Å². The Balaban J connectivity index is 0.00000162. The molecule has 4 heteroatoms. The molecule has 0 spiro atoms. The minimum Gasteiger partial charge on any atom is -0.360 e. The van der Waals surface area contributed by atoms with E-state index in [1.54, 1.807) is 0 Å². The molecule has 3 nitrogen and oxygen atoms in total. The molecule has 0 aromatic rings. The molecule has 0 radical (unpaired) electrons. The predicted octanol–water partition coefficient (Wildman–Crippen LogP) is 2.50. The monoisotopic (exact) mass is 276 g/mol. The van der Waals surface area contributed by atoms with Crippen molar-refractivity contribution in [3.05, 3.63) is 0 Å². The maximum atomic E-state index is 6.11. The van der Waals surface area contributed by atoms with Gasteiger partial charge in [0.2, 0.25) is 0 Å². The van der Waals surface area contributed by atoms with Crippen molar-refractivity contribution in [2.75, 3.05) is 26.2 Å². The Morgan fingerprint density at radius 2 is 2.11 bits per heavy atom. The third-order valence-corrected chi connectivity index (χ3v) is 4.43. The average Bonchev–Trinajstić information content (AvgIpc) is 2.33. The molecule has 2 saturated heterocycles. The summed E-state index contributed by atoms with van der Waals surface area (Å²) < 4.78 is 6.11. The standard InChI is InChI=1S/C14H28N2O.ClH/c1-11(2)16-7-5-6-13(9-16)14(4)15-8-12(3)10-17-14;/h11-13,15H,5-10H2,1-4H3;1H. The summed E-state index contributed by atoms with van der Waals surface area (Å²) in [6.07, 6.45) is 2.60. The van der Waals surface area contributed by atoms with Crippen molar-refractivity contribution in [3.63, 3.8) is 0 Å². The lowest BCUT2D eigenvalue weighted by Crippen LogP contribution is -2.60. The molecular weight excluding hydrogens is 248 g/mol. The molecule has 0 aromatic carbocycles. The summed E-state index contributed by atoms with van der Waals surface area (Å²) in [4.78, 5) is 2.59. The van der Waals surface area contributed by atoms with Crippen LogP contribution in [-0.4, -0.2) is 42.9 Å². The summed E-state index contributed by atoms with van der Waals surface area (Å²) in [6, 6.07) is 0.656. The van der Waals surface area contributed by atoms with E-state index in [0.29, 0.717) is 17.9 Å². The van der Waals surface area contributed by atoms with Crippen LogP contribution in [0.3, 0.4) is 0 Å². The number of nitrogens with zero attached hydrogens (tertiary/aromatic N) is 1. The van der Waals surface area contributed by atoms with Crippen molar-refractivity contribution < 1.29 is 4.74 Å². The van der Waals surface area contributed by atoms with Crippen LogP contribution in [0.1, 0.15) is 40.5 Å². The van der Waals surface area contributed by atoms with Gasteiger partial charge in [-0.25, -0.2) is 0 Å². The first-order valence-corrected chi connectivity index (χ1v) is 7.14. The molecule has 2 rings (SSSR count). The third kappa shape index (κ3) is 3.60. The van der Waals surface area contributed by atoms with Crippen molar-refractivity contribution >= 4 is 12.4 Å². The van der Waals surface area contributed by atoms with E-state index in [1.807, 2.05) is 0 Å². The van der Waals surface area contributed by atoms with Crippen LogP contribution in [0, 0.1) is 11.8 Å². The minimum atomic E-state index is -0.0972. The fourth-order valence-electron chi connectivity index (χ4n) is 2.99. The van der Waals surface area contributed by atoms with Gasteiger partial charge >= 0.3 is 0 Å². The highest BCUT2D eigenvalue weighted by atomic mass is 35.5. The van der Waals surface area contributed by atoms with E-state index in [4.69, 9.17) is 4.74 Å². The Labute approximate surface area is 118 Å². The Morgan fingerprint density at radius 3 is 2.67 bits per heavy atom. The van der Waals surface area contributed by atoms with E-state index in [0.717, 1.165) is 13.2 Å². The maximum Gasteiger partial charge on any atom is 0.120 e. The number of piperidine rings is 1. The molecule has 3 unspecified atom stereocenters. The maximum absolute atomic E-state index is 6.11. The highest BCUT2D eigenvalue weighted by molar-refractivity contribution is 5.85. The summed E-state index contributed by atoms with van der Waals surface area (Å²) in [5, 5.41) is 3.63. The van der Waals surface area contributed by atoms with Crippen LogP contribution in [-0.2, 0) is 4.74 Å². The van der Waals surface area contributed by atoms with Gasteiger partial charge < -0.3 is 9.64 Å². The molecule has 3 atom stereocenters. The zero-order valence-electron chi connectivity index (χ0n) is 12.2. The number of ether oxygens (including phenoxy) is 1. The van der Waals surface area contributed by atoms with Gasteiger partial charge in [0, 0.05) is 25.0 Å². The second kappa shape index (κ2) is 6.56. The van der Waals surface area contributed by atoms with Crippen LogP contribution in [0.2, 0.25) is 0 Å². The lowest BCUT2D eigenvalue weighted by atomic mass is 9.86. The smallest absolute Gasteiger partial charge is 0.120 e. The van der Waals surface area contributed by atoms with Crippen LogP contribution in [0.25, 0.3) is 0 Å². The Bertz CT molecular complexity index is 252. The van der Waals surface area contributed by atoms with Gasteiger partial charge in [-0.15, -0.1) is 12.4 Å². The van der Waals surface area contributed by atoms with E-state index >= 15 is 0 Å². The molecule has 1 N–H and O–H groups in total. The normalized spacial score (nSPS) is 38.5. The first kappa shape index (κ1) is 16.2. The van der Waals surface area contributed by atoms with E-state index in [-0.39, 0.29) is 18.1 Å². The molecule has 0 saturated carbocycles. The van der Waals surface area contributed by atoms with Gasteiger partial charge in [0.05, 0.1) is 6.61 Å². The Hall–Kier alpha value is 0.170. The van der Waals surface area contributed by atoms with Crippen LogP contribution in [0.15, 0.2) is 0 Å². The summed E-state index contributed by atoms with van der Waals surface area (Å²) in [5.74, 6) is 1.28. The fourth-order valence-corrected chi connectivity index (χ4v) is 2.99. The van der Waals surface area contributed by atoms with Gasteiger partial charge in [-0.05, 0) is 46.1 Å². The summed E-state index contributed by atoms with van der Waals surface area (Å²) in [5.41, 5.74) is -0.0972. The lowest BCUT2D eigenvalue weighted by molar-refractivity contribution is -0.149. The first-order valence-electron chi connectivity index (χ1n) is 7.14. The largest absolute Gasteiger partial charge is 0.360 e. The number of hydrogen-bond donors (Lipinski definition) is 1. The number of rotatable bonds is 2. The quantitative estimate of drug-likeness (QED) is 0.839. The van der Waals surface area contributed by atoms with E-state index in [9.17, 15) is 0 Å². The number of hydrogen-bond acceptors (Lipinski definition) is 3. The average molecular weight is 277 g/mol. The van der Waals surface area contributed by atoms with Crippen molar-refractivity contribution in [1.29, 1.82) is 0 Å². The van der Waals surface area contributed by atoms with E-state index in [2.05, 4.69) is 37.9 Å². The molecular formula is C14H29ClN2O. The van der Waals surface area contributed by atoms with Crippen molar-refractivity contribution in [2.45, 2.75) is 52.3 Å². The molecule has 2 aliphatic rings. The molecule has 2 fully saturated rings. The van der Waals surface area contributed by atoms with E-state index < -0.39 is 0 Å². The predicted molar refractivity (Wildman–Crippen MR) is 78.2 cm³/mol. The first-order chi connectivity index (χ1) is 8.01. The van der Waals surface area contributed by atoms with Gasteiger partial charge in [-0.1, -0.05) is 6.92 Å². The molecule has 2 heterocycles. The van der Waals surface area contributed by atoms with Gasteiger partial charge in [-0.2, -0.15) is 0 Å². The van der Waals surface area contributed by atoms with E-state index in [1.165, 1.54) is 25.9 Å². The van der Waals surface area contributed by atoms with Crippen LogP contribution < -0.4 is 5.32 Å². The topological polar surface area (TPSA) is 24.5 Å². The van der Waals surface area contributed by atoms with Gasteiger partial charge in [0.25, 0.3) is 0 Å². The van der Waals surface area contributed by atoms with Crippen LogP contribution in [0.5, 0.6) is 0 Å². The highest BCUT2D eigenvalue weighted by Crippen LogP contribution is 2.31. The molecule has 0 aromatic heterocycles. The highest BCUT2D eigenvalue weighted by Gasteiger charge is 2.40. The summed E-state index contributed by atoms with van der Waals surface area (Å²) in [6.45, 7) is 13.5. The fraction of sp³-hybridized carbons (Fsp3) is 1.00. The summed E-state index contributed by atoms with van der Waals surface area (Å²) >= 11 is 0. The zero-order chi connectivity index (χ0) is 12.5. The number of nitrogens with one attached hydrogen (secondary N) is 1. The number of likely N-dealkylation sites (tertiary alicyclic amines) is 1. The molecule has 0 bridgehead atoms. The molecule has 108 valence electrons. The van der Waals surface area contributed by atoms with Gasteiger partial charge in [0.15, 0.2) is 0 Å². The second-order valence-electron chi connectivity index (χ2n) is 6.33. The zero-order valence-corrected chi connectivity index (χ0v) is 13.1. The Kier molecular flexibility index (Phi) is 5.91. The van der Waals surface area contributed by atoms with Crippen molar-refractivity contribution in [1.82, 2.24) is 10.2 Å². The van der Waals surface area contributed by atoms with Crippen LogP contribution in [0.4, 0.5) is 0 Å². The third-order valence-electron chi connectivity index (χ3n) is 4.43. The SMILES string of the molecule is CC1CNC(C)(C2CCCN(C(C)C)C2)OC1.Cl. The molecule has 2 aliphatic heterocycles.